The number of hydrogen-bond acceptors (Lipinski definition) is 5. The van der Waals surface area contributed by atoms with Gasteiger partial charge in [-0.3, -0.25) is 14.9 Å². The lowest BCUT2D eigenvalue weighted by Crippen LogP contribution is -2.17. The number of nitro benzene ring substituents is 1. The van der Waals surface area contributed by atoms with Gasteiger partial charge < -0.3 is 4.98 Å². The molecule has 0 aliphatic carbocycles. The van der Waals surface area contributed by atoms with Crippen molar-refractivity contribution in [2.24, 2.45) is 5.10 Å². The molecule has 0 radical (unpaired) electrons. The summed E-state index contributed by atoms with van der Waals surface area (Å²) in [7, 11) is 0. The number of rotatable bonds is 3. The number of nitro groups is 1. The van der Waals surface area contributed by atoms with Gasteiger partial charge in [0.15, 0.2) is 0 Å². The number of hydrogen-bond donors (Lipinski definition) is 1. The van der Waals surface area contributed by atoms with Crippen LogP contribution < -0.4 is 5.56 Å². The van der Waals surface area contributed by atoms with Gasteiger partial charge in [0.05, 0.1) is 11.1 Å². The number of aromatic amines is 1. The fourth-order valence-electron chi connectivity index (χ4n) is 2.79. The summed E-state index contributed by atoms with van der Waals surface area (Å²) in [5, 5.41) is 15.8. The number of fused-ring (bicyclic) bond motifs is 3. The lowest BCUT2D eigenvalue weighted by molar-refractivity contribution is -0.384. The topological polar surface area (TPSA) is 106 Å². The van der Waals surface area contributed by atoms with Gasteiger partial charge in [0, 0.05) is 28.6 Å². The molecule has 8 nitrogen and oxygen atoms in total. The second-order valence-electron chi connectivity index (χ2n) is 5.89. The molecule has 0 amide bonds. The molecule has 0 bridgehead atoms. The van der Waals surface area contributed by atoms with Crippen LogP contribution >= 0.6 is 0 Å². The predicted octanol–water partition coefficient (Wildman–Crippen LogP) is 2.98. The lowest BCUT2D eigenvalue weighted by Gasteiger charge is -1.98. The van der Waals surface area contributed by atoms with Crippen molar-refractivity contribution in [2.75, 3.05) is 0 Å². The number of H-pyrrole nitrogens is 1. The number of benzene rings is 2. The number of aryl methyl sites for hydroxylation is 1. The molecule has 0 saturated carbocycles. The molecule has 2 heterocycles. The van der Waals surface area contributed by atoms with E-state index in [1.54, 1.807) is 12.1 Å². The Bertz CT molecular complexity index is 1250. The number of aromatic nitrogens is 3. The molecule has 128 valence electrons. The fourth-order valence-corrected chi connectivity index (χ4v) is 2.79. The molecular formula is C18H13N5O3. The van der Waals surface area contributed by atoms with Crippen LogP contribution in [-0.2, 0) is 0 Å². The lowest BCUT2D eigenvalue weighted by atomic mass is 10.2. The fraction of sp³-hybridized carbons (Fsp3) is 0.0556. The minimum absolute atomic E-state index is 0.0409. The Morgan fingerprint density at radius 1 is 1.27 bits per heavy atom. The van der Waals surface area contributed by atoms with Crippen molar-refractivity contribution in [3.63, 3.8) is 0 Å². The van der Waals surface area contributed by atoms with E-state index < -0.39 is 4.92 Å². The summed E-state index contributed by atoms with van der Waals surface area (Å²) in [6.07, 6.45) is 2.73. The summed E-state index contributed by atoms with van der Waals surface area (Å²) in [6, 6.07) is 11.8. The van der Waals surface area contributed by atoms with E-state index >= 15 is 0 Å². The summed E-state index contributed by atoms with van der Waals surface area (Å²) >= 11 is 0. The molecule has 2 aromatic heterocycles. The van der Waals surface area contributed by atoms with Gasteiger partial charge in [0.1, 0.15) is 17.4 Å². The molecule has 1 N–H and O–H groups in total. The normalized spacial score (nSPS) is 11.6. The molecule has 0 fully saturated rings. The van der Waals surface area contributed by atoms with Crippen molar-refractivity contribution >= 4 is 33.8 Å². The van der Waals surface area contributed by atoms with Crippen LogP contribution in [0.15, 0.2) is 58.7 Å². The van der Waals surface area contributed by atoms with Gasteiger partial charge in [0.25, 0.3) is 11.2 Å². The molecule has 0 saturated heterocycles. The van der Waals surface area contributed by atoms with E-state index in [4.69, 9.17) is 0 Å². The molecule has 0 aliphatic heterocycles. The summed E-state index contributed by atoms with van der Waals surface area (Å²) in [5.74, 6) is 0. The predicted molar refractivity (Wildman–Crippen MR) is 98.7 cm³/mol. The standard InChI is InChI=1S/C18H13N5O3/c1-11-5-6-15-14(7-11)16-17(21-15)18(24)22(10-19-16)20-9-12-3-2-4-13(8-12)23(25)26/h2-10,21H,1H3/b20-9-. The molecule has 0 atom stereocenters. The Labute approximate surface area is 146 Å². The Kier molecular flexibility index (Phi) is 3.58. The van der Waals surface area contributed by atoms with Crippen LogP contribution in [0, 0.1) is 17.0 Å². The SMILES string of the molecule is Cc1ccc2[nH]c3c(=O)n(/N=C\c4cccc([N+](=O)[O-])c4)cnc3c2c1. The van der Waals surface area contributed by atoms with Gasteiger partial charge in [-0.15, -0.1) is 0 Å². The molecule has 8 heteroatoms. The zero-order valence-electron chi connectivity index (χ0n) is 13.7. The van der Waals surface area contributed by atoms with E-state index in [-0.39, 0.29) is 11.2 Å². The highest BCUT2D eigenvalue weighted by atomic mass is 16.6. The average Bonchev–Trinajstić information content (AvgIpc) is 3.00. The summed E-state index contributed by atoms with van der Waals surface area (Å²) in [5.41, 5.74) is 2.99. The van der Waals surface area contributed by atoms with Gasteiger partial charge >= 0.3 is 0 Å². The van der Waals surface area contributed by atoms with E-state index in [2.05, 4.69) is 15.1 Å². The van der Waals surface area contributed by atoms with Crippen molar-refractivity contribution in [3.05, 3.63) is 80.4 Å². The van der Waals surface area contributed by atoms with Crippen molar-refractivity contribution in [1.29, 1.82) is 0 Å². The van der Waals surface area contributed by atoms with Gasteiger partial charge in [-0.2, -0.15) is 9.78 Å². The summed E-state index contributed by atoms with van der Waals surface area (Å²) in [4.78, 5) is 30.4. The Hall–Kier alpha value is -3.81. The van der Waals surface area contributed by atoms with Gasteiger partial charge in [-0.1, -0.05) is 23.8 Å². The molecular weight excluding hydrogens is 334 g/mol. The molecule has 4 aromatic rings. The second kappa shape index (κ2) is 5.92. The van der Waals surface area contributed by atoms with Gasteiger partial charge in [0.2, 0.25) is 0 Å². The first-order chi connectivity index (χ1) is 12.5. The van der Waals surface area contributed by atoms with E-state index in [1.165, 1.54) is 24.7 Å². The van der Waals surface area contributed by atoms with Crippen LogP contribution in [0.25, 0.3) is 21.9 Å². The van der Waals surface area contributed by atoms with E-state index in [0.717, 1.165) is 21.1 Å². The maximum absolute atomic E-state index is 12.6. The van der Waals surface area contributed by atoms with E-state index in [1.807, 2.05) is 25.1 Å². The first-order valence-electron chi connectivity index (χ1n) is 7.81. The van der Waals surface area contributed by atoms with E-state index in [9.17, 15) is 14.9 Å². The Morgan fingerprint density at radius 2 is 2.12 bits per heavy atom. The average molecular weight is 347 g/mol. The third kappa shape index (κ3) is 2.63. The van der Waals surface area contributed by atoms with Crippen LogP contribution in [0.3, 0.4) is 0 Å². The second-order valence-corrected chi connectivity index (χ2v) is 5.89. The highest BCUT2D eigenvalue weighted by Crippen LogP contribution is 2.22. The van der Waals surface area contributed by atoms with Crippen molar-refractivity contribution in [1.82, 2.24) is 14.6 Å². The molecule has 0 unspecified atom stereocenters. The highest BCUT2D eigenvalue weighted by Gasteiger charge is 2.10. The number of non-ortho nitro benzene ring substituents is 1. The molecule has 0 spiro atoms. The largest absolute Gasteiger partial charge is 0.349 e. The molecule has 4 rings (SSSR count). The number of nitrogens with zero attached hydrogens (tertiary/aromatic N) is 4. The zero-order valence-corrected chi connectivity index (χ0v) is 13.7. The third-order valence-electron chi connectivity index (χ3n) is 4.06. The smallest absolute Gasteiger partial charge is 0.298 e. The van der Waals surface area contributed by atoms with E-state index in [0.29, 0.717) is 16.6 Å². The third-order valence-corrected chi connectivity index (χ3v) is 4.06. The Balaban J connectivity index is 1.79. The number of nitrogens with one attached hydrogen (secondary N) is 1. The monoisotopic (exact) mass is 347 g/mol. The van der Waals surface area contributed by atoms with Crippen molar-refractivity contribution < 1.29 is 4.92 Å². The summed E-state index contributed by atoms with van der Waals surface area (Å²) < 4.78 is 1.10. The minimum atomic E-state index is -0.483. The first kappa shape index (κ1) is 15.7. The summed E-state index contributed by atoms with van der Waals surface area (Å²) in [6.45, 7) is 1.98. The van der Waals surface area contributed by atoms with Crippen LogP contribution in [0.5, 0.6) is 0 Å². The van der Waals surface area contributed by atoms with Crippen LogP contribution in [-0.4, -0.2) is 25.8 Å². The zero-order chi connectivity index (χ0) is 18.3. The Morgan fingerprint density at radius 3 is 2.92 bits per heavy atom. The maximum atomic E-state index is 12.6. The van der Waals surface area contributed by atoms with Crippen molar-refractivity contribution in [3.8, 4) is 0 Å². The van der Waals surface area contributed by atoms with Crippen LogP contribution in [0.4, 0.5) is 5.69 Å². The molecule has 2 aromatic carbocycles. The maximum Gasteiger partial charge on any atom is 0.298 e. The van der Waals surface area contributed by atoms with Crippen LogP contribution in [0.2, 0.25) is 0 Å². The quantitative estimate of drug-likeness (QED) is 0.349. The molecule has 26 heavy (non-hydrogen) atoms. The van der Waals surface area contributed by atoms with Crippen molar-refractivity contribution in [2.45, 2.75) is 6.92 Å². The minimum Gasteiger partial charge on any atom is -0.349 e. The van der Waals surface area contributed by atoms with Gasteiger partial charge in [-0.05, 0) is 19.1 Å². The van der Waals surface area contributed by atoms with Crippen LogP contribution in [0.1, 0.15) is 11.1 Å². The van der Waals surface area contributed by atoms with Gasteiger partial charge in [-0.25, -0.2) is 4.98 Å². The highest BCUT2D eigenvalue weighted by molar-refractivity contribution is 6.04. The molecule has 0 aliphatic rings. The first-order valence-corrected chi connectivity index (χ1v) is 7.81.